The number of aryl methyl sites for hydroxylation is 1. The molecule has 0 aliphatic heterocycles. The van der Waals surface area contributed by atoms with Crippen LogP contribution in [0.3, 0.4) is 0 Å². The van der Waals surface area contributed by atoms with Crippen molar-refractivity contribution in [3.8, 4) is 16.9 Å². The number of nitrogens with zero attached hydrogens (tertiary/aromatic N) is 3. The Hall–Kier alpha value is -3.61. The summed E-state index contributed by atoms with van der Waals surface area (Å²) in [5, 5.41) is 0.257. The van der Waals surface area contributed by atoms with Gasteiger partial charge in [0.25, 0.3) is 5.56 Å². The van der Waals surface area contributed by atoms with Crippen molar-refractivity contribution < 1.29 is 4.39 Å². The van der Waals surface area contributed by atoms with Gasteiger partial charge >= 0.3 is 5.69 Å². The van der Waals surface area contributed by atoms with E-state index in [1.165, 1.54) is 17.7 Å². The fourth-order valence-electron chi connectivity index (χ4n) is 3.36. The smallest absolute Gasteiger partial charge is 0.330 e. The fraction of sp³-hybridized carbons (Fsp3) is 0.100. The summed E-state index contributed by atoms with van der Waals surface area (Å²) in [7, 11) is 2.98. The Morgan fingerprint density at radius 3 is 2.30 bits per heavy atom. The monoisotopic (exact) mass is 364 g/mol. The molecule has 2 N–H and O–H groups in total. The van der Waals surface area contributed by atoms with E-state index in [1.54, 1.807) is 60.3 Å². The van der Waals surface area contributed by atoms with E-state index < -0.39 is 17.1 Å². The summed E-state index contributed by atoms with van der Waals surface area (Å²) < 4.78 is 18.7. The van der Waals surface area contributed by atoms with Gasteiger partial charge in [-0.25, -0.2) is 9.18 Å². The normalized spacial score (nSPS) is 11.2. The number of hydrogen-bond donors (Lipinski definition) is 1. The molecule has 0 atom stereocenters. The number of benzene rings is 2. The summed E-state index contributed by atoms with van der Waals surface area (Å²) in [6.07, 6.45) is 1.64. The molecule has 0 radical (unpaired) electrons. The number of rotatable bonds is 2. The molecule has 0 unspecified atom stereocenters. The van der Waals surface area contributed by atoms with Gasteiger partial charge in [0.05, 0.1) is 28.0 Å². The Morgan fingerprint density at radius 2 is 1.59 bits per heavy atom. The number of aromatic nitrogens is 3. The van der Waals surface area contributed by atoms with E-state index in [4.69, 9.17) is 5.73 Å². The molecule has 0 saturated carbocycles. The van der Waals surface area contributed by atoms with Gasteiger partial charge in [-0.2, -0.15) is 0 Å². The lowest BCUT2D eigenvalue weighted by atomic mass is 10.1. The van der Waals surface area contributed by atoms with Crippen LogP contribution in [0.15, 0.2) is 64.3 Å². The quantitative estimate of drug-likeness (QED) is 0.555. The largest absolute Gasteiger partial charge is 0.397 e. The summed E-state index contributed by atoms with van der Waals surface area (Å²) in [6, 6.07) is 13.3. The van der Waals surface area contributed by atoms with Crippen LogP contribution >= 0.6 is 0 Å². The first-order chi connectivity index (χ1) is 12.9. The Labute approximate surface area is 153 Å². The Morgan fingerprint density at radius 1 is 0.926 bits per heavy atom. The molecule has 4 aromatic rings. The third-order valence-electron chi connectivity index (χ3n) is 4.76. The van der Waals surface area contributed by atoms with Crippen molar-refractivity contribution in [2.75, 3.05) is 5.73 Å². The van der Waals surface area contributed by atoms with E-state index in [2.05, 4.69) is 0 Å². The molecule has 0 aliphatic carbocycles. The van der Waals surface area contributed by atoms with Crippen molar-refractivity contribution in [2.45, 2.75) is 0 Å². The number of nitrogen functional groups attached to an aromatic ring is 1. The molecule has 4 rings (SSSR count). The van der Waals surface area contributed by atoms with Crippen LogP contribution in [0.2, 0.25) is 0 Å². The average Bonchev–Trinajstić information content (AvgIpc) is 3.05. The molecule has 2 heterocycles. The first kappa shape index (κ1) is 16.8. The lowest BCUT2D eigenvalue weighted by Crippen LogP contribution is -2.36. The van der Waals surface area contributed by atoms with Gasteiger partial charge in [-0.15, -0.1) is 0 Å². The van der Waals surface area contributed by atoms with Gasteiger partial charge in [0, 0.05) is 25.9 Å². The molecule has 2 aromatic heterocycles. The van der Waals surface area contributed by atoms with E-state index in [1.807, 2.05) is 0 Å². The topological polar surface area (TPSA) is 75.0 Å². The molecular weight excluding hydrogens is 347 g/mol. The molecule has 0 bridgehead atoms. The zero-order valence-electron chi connectivity index (χ0n) is 14.8. The predicted molar refractivity (Wildman–Crippen MR) is 104 cm³/mol. The van der Waals surface area contributed by atoms with Crippen LogP contribution in [0.5, 0.6) is 0 Å². The molecular formula is C20H17FN4O2. The molecule has 0 spiro atoms. The summed E-state index contributed by atoms with van der Waals surface area (Å²) in [6.45, 7) is 0. The van der Waals surface area contributed by atoms with Gasteiger partial charge in [0.1, 0.15) is 5.82 Å². The summed E-state index contributed by atoms with van der Waals surface area (Å²) in [5.41, 5.74) is 7.28. The second kappa shape index (κ2) is 5.98. The maximum atomic E-state index is 14.7. The van der Waals surface area contributed by atoms with Crippen molar-refractivity contribution in [2.24, 2.45) is 14.1 Å². The van der Waals surface area contributed by atoms with Crippen LogP contribution in [0, 0.1) is 5.82 Å². The number of anilines is 1. The minimum atomic E-state index is -0.486. The molecule has 6 nitrogen and oxygen atoms in total. The van der Waals surface area contributed by atoms with Gasteiger partial charge < -0.3 is 10.3 Å². The average molecular weight is 364 g/mol. The van der Waals surface area contributed by atoms with Crippen molar-refractivity contribution in [3.05, 3.63) is 81.4 Å². The van der Waals surface area contributed by atoms with Gasteiger partial charge in [0.2, 0.25) is 0 Å². The number of fused-ring (bicyclic) bond motifs is 1. The molecule has 7 heteroatoms. The molecule has 0 fully saturated rings. The fourth-order valence-corrected chi connectivity index (χ4v) is 3.36. The van der Waals surface area contributed by atoms with E-state index in [-0.39, 0.29) is 10.9 Å². The van der Waals surface area contributed by atoms with Gasteiger partial charge in [-0.1, -0.05) is 24.3 Å². The minimum Gasteiger partial charge on any atom is -0.397 e. The highest BCUT2D eigenvalue weighted by Gasteiger charge is 2.22. The summed E-state index contributed by atoms with van der Waals surface area (Å²) >= 11 is 0. The number of para-hydroxylation sites is 2. The van der Waals surface area contributed by atoms with Crippen molar-refractivity contribution >= 4 is 16.6 Å². The summed E-state index contributed by atoms with van der Waals surface area (Å²) in [4.78, 5) is 25.3. The van der Waals surface area contributed by atoms with Crippen LogP contribution in [0.25, 0.3) is 27.8 Å². The third-order valence-corrected chi connectivity index (χ3v) is 4.76. The van der Waals surface area contributed by atoms with Crippen molar-refractivity contribution in [1.29, 1.82) is 0 Å². The molecule has 0 saturated heterocycles. The maximum absolute atomic E-state index is 14.7. The highest BCUT2D eigenvalue weighted by molar-refractivity contribution is 5.95. The Balaban J connectivity index is 2.28. The molecule has 27 heavy (non-hydrogen) atoms. The van der Waals surface area contributed by atoms with Crippen molar-refractivity contribution in [3.63, 3.8) is 0 Å². The van der Waals surface area contributed by atoms with E-state index in [9.17, 15) is 14.0 Å². The maximum Gasteiger partial charge on any atom is 0.330 e. The highest BCUT2D eigenvalue weighted by atomic mass is 19.1. The van der Waals surface area contributed by atoms with Gasteiger partial charge in [0.15, 0.2) is 0 Å². The Bertz CT molecular complexity index is 1310. The zero-order valence-corrected chi connectivity index (χ0v) is 14.8. The molecule has 0 aliphatic rings. The van der Waals surface area contributed by atoms with Crippen LogP contribution in [-0.4, -0.2) is 13.7 Å². The second-order valence-corrected chi connectivity index (χ2v) is 6.35. The number of hydrogen-bond acceptors (Lipinski definition) is 3. The van der Waals surface area contributed by atoms with Crippen LogP contribution in [0.1, 0.15) is 0 Å². The highest BCUT2D eigenvalue weighted by Crippen LogP contribution is 2.33. The van der Waals surface area contributed by atoms with Crippen LogP contribution < -0.4 is 17.0 Å². The third kappa shape index (κ3) is 2.39. The number of nitrogens with two attached hydrogens (primary N) is 1. The van der Waals surface area contributed by atoms with E-state index in [0.717, 1.165) is 4.57 Å². The van der Waals surface area contributed by atoms with Crippen LogP contribution in [-0.2, 0) is 14.1 Å². The van der Waals surface area contributed by atoms with E-state index >= 15 is 0 Å². The first-order valence-corrected chi connectivity index (χ1v) is 8.32. The predicted octanol–water partition coefficient (Wildman–Crippen LogP) is 2.42. The minimum absolute atomic E-state index is 0.256. The van der Waals surface area contributed by atoms with Crippen LogP contribution in [0.4, 0.5) is 10.1 Å². The lowest BCUT2D eigenvalue weighted by molar-refractivity contribution is 0.630. The SMILES string of the molecule is Cn1c(=O)c2c(-c3ccccc3F)n(-c3ccccc3N)cc2n(C)c1=O. The Kier molecular flexibility index (Phi) is 3.73. The second-order valence-electron chi connectivity index (χ2n) is 6.35. The van der Waals surface area contributed by atoms with Crippen molar-refractivity contribution in [1.82, 2.24) is 13.7 Å². The van der Waals surface area contributed by atoms with Gasteiger partial charge in [-0.3, -0.25) is 13.9 Å². The zero-order chi connectivity index (χ0) is 19.3. The van der Waals surface area contributed by atoms with Gasteiger partial charge in [-0.05, 0) is 24.3 Å². The first-order valence-electron chi connectivity index (χ1n) is 8.32. The van der Waals surface area contributed by atoms with E-state index in [0.29, 0.717) is 22.6 Å². The molecule has 2 aromatic carbocycles. The number of halogens is 1. The standard InChI is InChI=1S/C20H17FN4O2/c1-23-16-11-25(15-10-6-5-9-14(15)22)18(12-7-3-4-8-13(12)21)17(16)19(26)24(2)20(23)27/h3-11H,22H2,1-2H3. The summed E-state index contributed by atoms with van der Waals surface area (Å²) in [5.74, 6) is -0.468. The lowest BCUT2D eigenvalue weighted by Gasteiger charge is -2.12. The molecule has 0 amide bonds. The molecule has 136 valence electrons.